The Labute approximate surface area is 159 Å². The molecule has 0 radical (unpaired) electrons. The van der Waals surface area contributed by atoms with Crippen LogP contribution in [-0.4, -0.2) is 51.6 Å². The van der Waals surface area contributed by atoms with Gasteiger partial charge >= 0.3 is 0 Å². The first kappa shape index (κ1) is 19.5. The molecule has 2 N–H and O–H groups in total. The van der Waals surface area contributed by atoms with E-state index < -0.39 is 11.1 Å². The summed E-state index contributed by atoms with van der Waals surface area (Å²) in [6.07, 6.45) is 4.09. The summed E-state index contributed by atoms with van der Waals surface area (Å²) in [5, 5.41) is 4.50. The Morgan fingerprint density at radius 3 is 2.81 bits per heavy atom. The first-order chi connectivity index (χ1) is 12.8. The molecule has 0 bridgehead atoms. The van der Waals surface area contributed by atoms with Crippen molar-refractivity contribution < 1.29 is 4.79 Å². The minimum Gasteiger partial charge on any atom is -0.372 e. The number of likely N-dealkylation sites (tertiary alicyclic amines) is 2. The van der Waals surface area contributed by atoms with Gasteiger partial charge in [0.2, 0.25) is 5.91 Å². The highest BCUT2D eigenvalue weighted by Crippen LogP contribution is 2.35. The van der Waals surface area contributed by atoms with Crippen LogP contribution in [0.15, 0.2) is 27.9 Å². The molecule has 27 heavy (non-hydrogen) atoms. The van der Waals surface area contributed by atoms with Crippen LogP contribution in [0.25, 0.3) is 0 Å². The molecule has 0 aromatic carbocycles. The maximum absolute atomic E-state index is 12.7. The second kappa shape index (κ2) is 8.15. The number of nitrogens with one attached hydrogen (secondary N) is 2. The summed E-state index contributed by atoms with van der Waals surface area (Å²) < 4.78 is 0. The number of allylic oxidation sites excluding steroid dienone is 1. The van der Waals surface area contributed by atoms with Gasteiger partial charge in [0.15, 0.2) is 0 Å². The Bertz CT molecular complexity index is 810. The van der Waals surface area contributed by atoms with E-state index >= 15 is 0 Å². The highest BCUT2D eigenvalue weighted by molar-refractivity contribution is 5.78. The zero-order valence-electron chi connectivity index (χ0n) is 16.3. The van der Waals surface area contributed by atoms with E-state index in [1.165, 1.54) is 11.8 Å². The van der Waals surface area contributed by atoms with Crippen LogP contribution in [0.4, 0.5) is 0 Å². The molecule has 1 amide bonds. The molecule has 0 unspecified atom stereocenters. The fourth-order valence-electron chi connectivity index (χ4n) is 4.26. The lowest BCUT2D eigenvalue weighted by atomic mass is 9.82. The zero-order valence-corrected chi connectivity index (χ0v) is 16.3. The van der Waals surface area contributed by atoms with E-state index in [4.69, 9.17) is 0 Å². The highest BCUT2D eigenvalue weighted by atomic mass is 16.2. The number of amides is 1. The van der Waals surface area contributed by atoms with Gasteiger partial charge in [0.1, 0.15) is 0 Å². The van der Waals surface area contributed by atoms with Crippen LogP contribution in [0.2, 0.25) is 0 Å². The van der Waals surface area contributed by atoms with Gasteiger partial charge in [-0.1, -0.05) is 20.4 Å². The van der Waals surface area contributed by atoms with Crippen molar-refractivity contribution in [2.45, 2.75) is 52.0 Å². The summed E-state index contributed by atoms with van der Waals surface area (Å²) in [7, 11) is 0. The van der Waals surface area contributed by atoms with Gasteiger partial charge in [0.05, 0.1) is 6.42 Å². The van der Waals surface area contributed by atoms with E-state index in [0.717, 1.165) is 38.8 Å². The molecule has 0 saturated carbocycles. The number of hydrogen-bond donors (Lipinski definition) is 2. The Hall–Kier alpha value is -2.31. The summed E-state index contributed by atoms with van der Waals surface area (Å²) in [4.78, 5) is 40.2. The number of hydrogen-bond acceptors (Lipinski definition) is 4. The van der Waals surface area contributed by atoms with E-state index in [0.29, 0.717) is 24.4 Å². The minimum absolute atomic E-state index is 0.0274. The van der Waals surface area contributed by atoms with Crippen molar-refractivity contribution in [2.75, 3.05) is 19.6 Å². The second-order valence-electron chi connectivity index (χ2n) is 8.23. The molecular formula is C20H30N4O3. The van der Waals surface area contributed by atoms with E-state index in [1.807, 2.05) is 4.90 Å². The number of aromatic nitrogens is 2. The Morgan fingerprint density at radius 1 is 1.30 bits per heavy atom. The third-order valence-corrected chi connectivity index (χ3v) is 5.84. The first-order valence-corrected chi connectivity index (χ1v) is 9.88. The van der Waals surface area contributed by atoms with Crippen LogP contribution in [0.1, 0.15) is 45.1 Å². The van der Waals surface area contributed by atoms with Crippen molar-refractivity contribution in [1.29, 1.82) is 0 Å². The molecule has 148 valence electrons. The molecule has 3 rings (SSSR count). The number of aromatic amines is 2. The van der Waals surface area contributed by atoms with Crippen molar-refractivity contribution in [3.63, 3.8) is 0 Å². The van der Waals surface area contributed by atoms with Crippen LogP contribution >= 0.6 is 0 Å². The molecular weight excluding hydrogens is 344 g/mol. The molecule has 2 atom stereocenters. The molecule has 1 aromatic rings. The van der Waals surface area contributed by atoms with Crippen molar-refractivity contribution in [3.05, 3.63) is 44.6 Å². The van der Waals surface area contributed by atoms with Gasteiger partial charge in [-0.15, -0.1) is 0 Å². The number of nitrogens with zero attached hydrogens (tertiary/aromatic N) is 2. The van der Waals surface area contributed by atoms with Gasteiger partial charge in [-0.2, -0.15) is 0 Å². The van der Waals surface area contributed by atoms with E-state index in [2.05, 4.69) is 35.5 Å². The Kier molecular flexibility index (Phi) is 5.87. The SMILES string of the molecule is C=C1CC[C@H]2CN(C(=O)Cc3cc(=O)[nH][nH]c3=O)CC[C@H]2N1CCC(C)C. The number of carbonyl (C=O) groups excluding carboxylic acids is 1. The molecule has 3 heterocycles. The summed E-state index contributed by atoms with van der Waals surface area (Å²) in [5.74, 6) is 1.02. The number of rotatable bonds is 5. The number of H-pyrrole nitrogens is 2. The number of carbonyl (C=O) groups is 1. The Balaban J connectivity index is 1.64. The van der Waals surface area contributed by atoms with Crippen LogP contribution in [0, 0.1) is 11.8 Å². The van der Waals surface area contributed by atoms with Crippen molar-refractivity contribution in [3.8, 4) is 0 Å². The summed E-state index contributed by atoms with van der Waals surface area (Å²) in [6.45, 7) is 11.2. The largest absolute Gasteiger partial charge is 0.372 e. The van der Waals surface area contributed by atoms with Crippen LogP contribution < -0.4 is 11.1 Å². The maximum atomic E-state index is 12.7. The molecule has 2 aliphatic heterocycles. The van der Waals surface area contributed by atoms with Gasteiger partial charge in [-0.3, -0.25) is 24.6 Å². The van der Waals surface area contributed by atoms with E-state index in [1.54, 1.807) is 0 Å². The van der Waals surface area contributed by atoms with E-state index in [9.17, 15) is 14.4 Å². The normalized spacial score (nSPS) is 22.9. The fourth-order valence-corrected chi connectivity index (χ4v) is 4.26. The van der Waals surface area contributed by atoms with Crippen LogP contribution in [0.5, 0.6) is 0 Å². The Morgan fingerprint density at radius 2 is 2.07 bits per heavy atom. The average molecular weight is 374 g/mol. The van der Waals surface area contributed by atoms with Crippen LogP contribution in [0.3, 0.4) is 0 Å². The van der Waals surface area contributed by atoms with Gasteiger partial charge in [0, 0.05) is 43.0 Å². The molecule has 0 aliphatic carbocycles. The van der Waals surface area contributed by atoms with Crippen molar-refractivity contribution in [1.82, 2.24) is 20.0 Å². The molecule has 7 heteroatoms. The summed E-state index contributed by atoms with van der Waals surface area (Å²) in [5.41, 5.74) is 0.641. The molecule has 2 aliphatic rings. The van der Waals surface area contributed by atoms with Gasteiger partial charge in [-0.25, -0.2) is 0 Å². The molecule has 2 saturated heterocycles. The smallest absolute Gasteiger partial charge is 0.266 e. The third kappa shape index (κ3) is 4.51. The second-order valence-corrected chi connectivity index (χ2v) is 8.23. The molecule has 0 spiro atoms. The number of piperidine rings is 2. The van der Waals surface area contributed by atoms with Crippen molar-refractivity contribution in [2.24, 2.45) is 11.8 Å². The van der Waals surface area contributed by atoms with Gasteiger partial charge in [0.25, 0.3) is 11.1 Å². The van der Waals surface area contributed by atoms with Crippen LogP contribution in [-0.2, 0) is 11.2 Å². The molecule has 1 aromatic heterocycles. The minimum atomic E-state index is -0.410. The van der Waals surface area contributed by atoms with Gasteiger partial charge in [-0.05, 0) is 37.5 Å². The summed E-state index contributed by atoms with van der Waals surface area (Å²) >= 11 is 0. The quantitative estimate of drug-likeness (QED) is 0.817. The van der Waals surface area contributed by atoms with E-state index in [-0.39, 0.29) is 17.9 Å². The standard InChI is InChI=1S/C20H30N4O3/c1-13(2)6-9-24-14(3)4-5-15-12-23(8-7-17(15)24)19(26)11-16-10-18(25)21-22-20(16)27/h10,13,15,17H,3-9,11-12H2,1-2H3,(H,21,25)(H,22,27)/t15-,17+/m0/s1. The zero-order chi connectivity index (χ0) is 19.6. The maximum Gasteiger partial charge on any atom is 0.266 e. The number of fused-ring (bicyclic) bond motifs is 1. The lowest BCUT2D eigenvalue weighted by Crippen LogP contribution is -2.54. The first-order valence-electron chi connectivity index (χ1n) is 9.88. The summed E-state index contributed by atoms with van der Waals surface area (Å²) in [6, 6.07) is 1.67. The van der Waals surface area contributed by atoms with Gasteiger partial charge < -0.3 is 9.80 Å². The fraction of sp³-hybridized carbons (Fsp3) is 0.650. The lowest BCUT2D eigenvalue weighted by molar-refractivity contribution is -0.133. The third-order valence-electron chi connectivity index (χ3n) is 5.84. The lowest BCUT2D eigenvalue weighted by Gasteiger charge is -2.49. The van der Waals surface area contributed by atoms with Crippen molar-refractivity contribution >= 4 is 5.91 Å². The average Bonchev–Trinajstić information content (AvgIpc) is 2.63. The monoisotopic (exact) mass is 374 g/mol. The topological polar surface area (TPSA) is 89.3 Å². The predicted octanol–water partition coefficient (Wildman–Crippen LogP) is 1.48. The molecule has 2 fully saturated rings. The predicted molar refractivity (Wildman–Crippen MR) is 104 cm³/mol. The molecule has 7 nitrogen and oxygen atoms in total. The highest BCUT2D eigenvalue weighted by Gasteiger charge is 2.38.